The highest BCUT2D eigenvalue weighted by Crippen LogP contribution is 2.19. The molecule has 21 heavy (non-hydrogen) atoms. The molecule has 0 aromatic carbocycles. The lowest BCUT2D eigenvalue weighted by atomic mass is 10.1. The van der Waals surface area contributed by atoms with Crippen molar-refractivity contribution in [3.8, 4) is 0 Å². The van der Waals surface area contributed by atoms with E-state index in [-0.39, 0.29) is 18.2 Å². The molecule has 0 spiro atoms. The van der Waals surface area contributed by atoms with Gasteiger partial charge in [-0.3, -0.25) is 14.9 Å². The third-order valence-corrected chi connectivity index (χ3v) is 2.82. The highest BCUT2D eigenvalue weighted by Gasteiger charge is 2.20. The third kappa shape index (κ3) is 3.69. The number of aliphatic hydroxyl groups excluding tert-OH is 1. The molecule has 1 amide bonds. The van der Waals surface area contributed by atoms with Crippen molar-refractivity contribution in [2.45, 2.75) is 25.5 Å². The van der Waals surface area contributed by atoms with Gasteiger partial charge in [0.1, 0.15) is 16.8 Å². The number of nitro groups is 1. The van der Waals surface area contributed by atoms with Crippen LogP contribution in [0.2, 0.25) is 0 Å². The molecule has 112 valence electrons. The number of hydrogen-bond acceptors (Lipinski definition) is 6. The van der Waals surface area contributed by atoms with Crippen molar-refractivity contribution in [1.29, 1.82) is 0 Å². The second-order valence-electron chi connectivity index (χ2n) is 4.54. The second-order valence-corrected chi connectivity index (χ2v) is 4.54. The standard InChI is InChI=1S/C13H14N2O6/c1-8(7-9(16)10-3-2-6-20-10)14-13(17)11-4-5-12(21-11)15(18)19/h2-6,8-9,16H,7H2,1H3,(H,14,17). The van der Waals surface area contributed by atoms with Crippen molar-refractivity contribution in [2.75, 3.05) is 0 Å². The Bertz CT molecular complexity index is 618. The summed E-state index contributed by atoms with van der Waals surface area (Å²) < 4.78 is 9.85. The predicted molar refractivity (Wildman–Crippen MR) is 70.6 cm³/mol. The number of carbonyl (C=O) groups excluding carboxylic acids is 1. The molecule has 2 unspecified atom stereocenters. The summed E-state index contributed by atoms with van der Waals surface area (Å²) in [4.78, 5) is 21.6. The minimum atomic E-state index is -0.846. The van der Waals surface area contributed by atoms with Gasteiger partial charge in [-0.05, 0) is 25.1 Å². The normalized spacial score (nSPS) is 13.6. The van der Waals surface area contributed by atoms with E-state index in [0.29, 0.717) is 5.76 Å². The van der Waals surface area contributed by atoms with Gasteiger partial charge in [-0.25, -0.2) is 0 Å². The number of hydrogen-bond donors (Lipinski definition) is 2. The van der Waals surface area contributed by atoms with Gasteiger partial charge >= 0.3 is 5.88 Å². The summed E-state index contributed by atoms with van der Waals surface area (Å²) in [6.45, 7) is 1.70. The molecular weight excluding hydrogens is 280 g/mol. The molecule has 0 fully saturated rings. The van der Waals surface area contributed by atoms with E-state index in [9.17, 15) is 20.0 Å². The lowest BCUT2D eigenvalue weighted by Gasteiger charge is -2.15. The number of aliphatic hydroxyl groups is 1. The Kier molecular flexibility index (Phi) is 4.39. The van der Waals surface area contributed by atoms with Crippen LogP contribution in [0.15, 0.2) is 39.4 Å². The van der Waals surface area contributed by atoms with E-state index in [1.807, 2.05) is 0 Å². The van der Waals surface area contributed by atoms with Gasteiger partial charge in [0.25, 0.3) is 5.91 Å². The first-order valence-electron chi connectivity index (χ1n) is 6.24. The highest BCUT2D eigenvalue weighted by atomic mass is 16.6. The summed E-state index contributed by atoms with van der Waals surface area (Å²) in [6.07, 6.45) is 0.840. The largest absolute Gasteiger partial charge is 0.467 e. The topological polar surface area (TPSA) is 119 Å². The molecule has 2 aromatic heterocycles. The van der Waals surface area contributed by atoms with E-state index in [1.54, 1.807) is 19.1 Å². The number of amides is 1. The number of nitrogens with zero attached hydrogens (tertiary/aromatic N) is 1. The lowest BCUT2D eigenvalue weighted by Crippen LogP contribution is -2.33. The molecule has 2 atom stereocenters. The van der Waals surface area contributed by atoms with Crippen molar-refractivity contribution < 1.29 is 23.7 Å². The molecule has 2 aromatic rings. The molecule has 8 nitrogen and oxygen atoms in total. The van der Waals surface area contributed by atoms with Crippen LogP contribution in [0.5, 0.6) is 0 Å². The van der Waals surface area contributed by atoms with Gasteiger partial charge in [0.2, 0.25) is 0 Å². The zero-order chi connectivity index (χ0) is 15.4. The molecule has 2 N–H and O–H groups in total. The van der Waals surface area contributed by atoms with Crippen LogP contribution in [0.4, 0.5) is 5.88 Å². The molecule has 0 aliphatic carbocycles. The summed E-state index contributed by atoms with van der Waals surface area (Å²) in [5.74, 6) is -0.823. The van der Waals surface area contributed by atoms with Crippen LogP contribution in [-0.2, 0) is 0 Å². The Morgan fingerprint density at radius 1 is 1.48 bits per heavy atom. The molecule has 2 heterocycles. The number of carbonyl (C=O) groups is 1. The summed E-state index contributed by atoms with van der Waals surface area (Å²) in [7, 11) is 0. The quantitative estimate of drug-likeness (QED) is 0.621. The van der Waals surface area contributed by atoms with E-state index in [4.69, 9.17) is 8.83 Å². The predicted octanol–water partition coefficient (Wildman–Crippen LogP) is 2.02. The van der Waals surface area contributed by atoms with E-state index < -0.39 is 22.8 Å². The maximum absolute atomic E-state index is 11.8. The number of nitrogens with one attached hydrogen (secondary N) is 1. The minimum Gasteiger partial charge on any atom is -0.467 e. The molecule has 0 radical (unpaired) electrons. The number of rotatable bonds is 6. The van der Waals surface area contributed by atoms with Gasteiger partial charge in [0.15, 0.2) is 5.76 Å². The van der Waals surface area contributed by atoms with Crippen LogP contribution in [0.1, 0.15) is 35.8 Å². The van der Waals surface area contributed by atoms with E-state index >= 15 is 0 Å². The van der Waals surface area contributed by atoms with Crippen LogP contribution in [0.3, 0.4) is 0 Å². The maximum atomic E-state index is 11.8. The third-order valence-electron chi connectivity index (χ3n) is 2.82. The summed E-state index contributed by atoms with van der Waals surface area (Å²) in [5, 5.41) is 22.9. The van der Waals surface area contributed by atoms with Crippen LogP contribution >= 0.6 is 0 Å². The van der Waals surface area contributed by atoms with Crippen molar-refractivity contribution in [1.82, 2.24) is 5.32 Å². The molecule has 0 saturated carbocycles. The van der Waals surface area contributed by atoms with E-state index in [2.05, 4.69) is 5.32 Å². The summed E-state index contributed by atoms with van der Waals surface area (Å²) in [6, 6.07) is 5.25. The van der Waals surface area contributed by atoms with Crippen molar-refractivity contribution in [3.05, 3.63) is 52.2 Å². The van der Waals surface area contributed by atoms with Gasteiger partial charge in [-0.15, -0.1) is 0 Å². The fraction of sp³-hybridized carbons (Fsp3) is 0.308. The van der Waals surface area contributed by atoms with Crippen molar-refractivity contribution in [2.24, 2.45) is 0 Å². The molecule has 2 rings (SSSR count). The average molecular weight is 294 g/mol. The van der Waals surface area contributed by atoms with Gasteiger partial charge in [0, 0.05) is 12.5 Å². The fourth-order valence-electron chi connectivity index (χ4n) is 1.83. The molecule has 0 aliphatic heterocycles. The zero-order valence-electron chi connectivity index (χ0n) is 11.2. The zero-order valence-corrected chi connectivity index (χ0v) is 11.2. The van der Waals surface area contributed by atoms with Crippen molar-refractivity contribution in [3.63, 3.8) is 0 Å². The lowest BCUT2D eigenvalue weighted by molar-refractivity contribution is -0.402. The van der Waals surface area contributed by atoms with Crippen LogP contribution < -0.4 is 5.32 Å². The van der Waals surface area contributed by atoms with Gasteiger partial charge in [-0.2, -0.15) is 0 Å². The summed E-state index contributed by atoms with van der Waals surface area (Å²) >= 11 is 0. The van der Waals surface area contributed by atoms with Crippen LogP contribution in [0, 0.1) is 10.1 Å². The Morgan fingerprint density at radius 3 is 2.81 bits per heavy atom. The second kappa shape index (κ2) is 6.23. The first-order chi connectivity index (χ1) is 9.97. The Morgan fingerprint density at radius 2 is 2.24 bits per heavy atom. The van der Waals surface area contributed by atoms with Crippen molar-refractivity contribution >= 4 is 11.8 Å². The first-order valence-corrected chi connectivity index (χ1v) is 6.24. The fourth-order valence-corrected chi connectivity index (χ4v) is 1.83. The van der Waals surface area contributed by atoms with Gasteiger partial charge in [0.05, 0.1) is 12.3 Å². The molecular formula is C13H14N2O6. The monoisotopic (exact) mass is 294 g/mol. The molecule has 0 aliphatic rings. The van der Waals surface area contributed by atoms with E-state index in [0.717, 1.165) is 6.07 Å². The maximum Gasteiger partial charge on any atom is 0.433 e. The Labute approximate surface area is 119 Å². The highest BCUT2D eigenvalue weighted by molar-refractivity contribution is 5.91. The molecule has 0 bridgehead atoms. The van der Waals surface area contributed by atoms with Crippen LogP contribution in [0.25, 0.3) is 0 Å². The first kappa shape index (κ1) is 14.8. The molecule has 0 saturated heterocycles. The Hall–Kier alpha value is -2.61. The average Bonchev–Trinajstić information content (AvgIpc) is 3.10. The summed E-state index contributed by atoms with van der Waals surface area (Å²) in [5.41, 5.74) is 0. The van der Waals surface area contributed by atoms with Crippen LogP contribution in [-0.4, -0.2) is 22.0 Å². The van der Waals surface area contributed by atoms with Gasteiger partial charge in [-0.1, -0.05) is 0 Å². The SMILES string of the molecule is CC(CC(O)c1ccco1)NC(=O)c1ccc([N+](=O)[O-])o1. The smallest absolute Gasteiger partial charge is 0.433 e. The van der Waals surface area contributed by atoms with E-state index in [1.165, 1.54) is 12.3 Å². The van der Waals surface area contributed by atoms with Gasteiger partial charge < -0.3 is 19.3 Å². The Balaban J connectivity index is 1.91. The molecule has 8 heteroatoms. The number of furan rings is 2. The minimum absolute atomic E-state index is 0.152.